The Morgan fingerprint density at radius 1 is 0.926 bits per heavy atom. The molecule has 2 aliphatic rings. The van der Waals surface area contributed by atoms with Crippen molar-refractivity contribution >= 4 is 5.78 Å². The Kier molecular flexibility index (Phi) is 5.55. The molecule has 2 aromatic rings. The minimum absolute atomic E-state index is 0.0376. The van der Waals surface area contributed by atoms with E-state index >= 15 is 0 Å². The summed E-state index contributed by atoms with van der Waals surface area (Å²) in [4.78, 5) is 12.3. The van der Waals surface area contributed by atoms with E-state index in [9.17, 15) is 4.79 Å². The van der Waals surface area contributed by atoms with Gasteiger partial charge in [0, 0.05) is 19.3 Å². The maximum atomic E-state index is 12.3. The molecule has 0 N–H and O–H groups in total. The fourth-order valence-corrected chi connectivity index (χ4v) is 3.84. The number of hydrogen-bond acceptors (Lipinski definition) is 4. The lowest BCUT2D eigenvalue weighted by Crippen LogP contribution is -2.51. The number of ketones is 1. The number of hydrogen-bond donors (Lipinski definition) is 0. The zero-order valence-electron chi connectivity index (χ0n) is 15.6. The molecule has 1 saturated heterocycles. The van der Waals surface area contributed by atoms with Crippen LogP contribution in [0.2, 0.25) is 0 Å². The molecule has 0 aromatic heterocycles. The summed E-state index contributed by atoms with van der Waals surface area (Å²) in [5, 5.41) is 0. The third-order valence-corrected chi connectivity index (χ3v) is 5.40. The van der Waals surface area contributed by atoms with Gasteiger partial charge in [-0.05, 0) is 36.1 Å². The Morgan fingerprint density at radius 3 is 2.41 bits per heavy atom. The summed E-state index contributed by atoms with van der Waals surface area (Å²) in [7, 11) is 0. The average Bonchev–Trinajstić information content (AvgIpc) is 2.72. The molecule has 1 saturated carbocycles. The third kappa shape index (κ3) is 4.57. The van der Waals surface area contributed by atoms with Crippen LogP contribution in [0.3, 0.4) is 0 Å². The number of carbonyl (C=O) groups is 1. The van der Waals surface area contributed by atoms with Crippen molar-refractivity contribution in [2.45, 2.75) is 57.0 Å². The Bertz CT molecular complexity index is 748. The van der Waals surface area contributed by atoms with Crippen molar-refractivity contribution in [3.05, 3.63) is 65.7 Å². The molecular weight excluding hydrogens is 340 g/mol. The van der Waals surface area contributed by atoms with E-state index in [0.717, 1.165) is 42.6 Å². The van der Waals surface area contributed by atoms with E-state index in [4.69, 9.17) is 14.2 Å². The second-order valence-electron chi connectivity index (χ2n) is 7.46. The number of rotatable bonds is 5. The summed E-state index contributed by atoms with van der Waals surface area (Å²) in [5.74, 6) is 0.330. The highest BCUT2D eigenvalue weighted by Gasteiger charge is 2.42. The Hall–Kier alpha value is -2.17. The van der Waals surface area contributed by atoms with Gasteiger partial charge in [0.25, 0.3) is 0 Å². The Balaban J connectivity index is 1.35. The SMILES string of the molecule is O=C1COC2(CCCCC2)OC1Cc1ccc(OCc2ccccc2)cc1. The van der Waals surface area contributed by atoms with Crippen molar-refractivity contribution in [2.24, 2.45) is 0 Å². The van der Waals surface area contributed by atoms with E-state index in [2.05, 4.69) is 0 Å². The smallest absolute Gasteiger partial charge is 0.187 e. The Labute approximate surface area is 160 Å². The highest BCUT2D eigenvalue weighted by atomic mass is 16.7. The molecule has 0 amide bonds. The summed E-state index contributed by atoms with van der Waals surface area (Å²) in [5.41, 5.74) is 2.22. The van der Waals surface area contributed by atoms with Crippen LogP contribution >= 0.6 is 0 Å². The van der Waals surface area contributed by atoms with E-state index in [-0.39, 0.29) is 12.4 Å². The fraction of sp³-hybridized carbons (Fsp3) is 0.435. The van der Waals surface area contributed by atoms with Gasteiger partial charge in [-0.15, -0.1) is 0 Å². The molecule has 1 aliphatic heterocycles. The van der Waals surface area contributed by atoms with Crippen molar-refractivity contribution in [3.8, 4) is 5.75 Å². The second-order valence-corrected chi connectivity index (χ2v) is 7.46. The normalized spacial score (nSPS) is 21.9. The van der Waals surface area contributed by atoms with Crippen LogP contribution in [-0.4, -0.2) is 24.3 Å². The van der Waals surface area contributed by atoms with Crippen molar-refractivity contribution in [1.29, 1.82) is 0 Å². The van der Waals surface area contributed by atoms with E-state index < -0.39 is 11.9 Å². The maximum absolute atomic E-state index is 12.3. The second kappa shape index (κ2) is 8.24. The van der Waals surface area contributed by atoms with E-state index in [0.29, 0.717) is 13.0 Å². The van der Waals surface area contributed by atoms with Crippen LogP contribution in [0.4, 0.5) is 0 Å². The molecular formula is C23H26O4. The monoisotopic (exact) mass is 366 g/mol. The van der Waals surface area contributed by atoms with Crippen molar-refractivity contribution < 1.29 is 19.0 Å². The van der Waals surface area contributed by atoms with E-state index in [1.165, 1.54) is 6.42 Å². The standard InChI is InChI=1S/C23H26O4/c24-21-17-26-23(13-5-2-6-14-23)27-22(21)15-18-9-11-20(12-10-18)25-16-19-7-3-1-4-8-19/h1,3-4,7-12,22H,2,5-6,13-17H2. The van der Waals surface area contributed by atoms with Gasteiger partial charge in [0.15, 0.2) is 11.6 Å². The highest BCUT2D eigenvalue weighted by Crippen LogP contribution is 2.36. The lowest BCUT2D eigenvalue weighted by molar-refractivity contribution is -0.288. The average molecular weight is 366 g/mol. The molecule has 0 radical (unpaired) electrons. The molecule has 1 spiro atoms. The first-order chi connectivity index (χ1) is 13.2. The summed E-state index contributed by atoms with van der Waals surface area (Å²) < 4.78 is 17.8. The first-order valence-corrected chi connectivity index (χ1v) is 9.83. The summed E-state index contributed by atoms with van der Waals surface area (Å²) in [6.07, 6.45) is 5.39. The molecule has 4 heteroatoms. The summed E-state index contributed by atoms with van der Waals surface area (Å²) in [6.45, 7) is 0.715. The zero-order valence-corrected chi connectivity index (χ0v) is 15.6. The first kappa shape index (κ1) is 18.2. The van der Waals surface area contributed by atoms with Crippen LogP contribution in [-0.2, 0) is 27.3 Å². The van der Waals surface area contributed by atoms with Gasteiger partial charge in [0.2, 0.25) is 0 Å². The first-order valence-electron chi connectivity index (χ1n) is 9.83. The minimum Gasteiger partial charge on any atom is -0.489 e. The molecule has 1 atom stereocenters. The Morgan fingerprint density at radius 2 is 1.67 bits per heavy atom. The van der Waals surface area contributed by atoms with Crippen molar-refractivity contribution in [1.82, 2.24) is 0 Å². The van der Waals surface area contributed by atoms with Crippen LogP contribution in [0, 0.1) is 0 Å². The van der Waals surface area contributed by atoms with Gasteiger partial charge in [0.1, 0.15) is 25.1 Å². The highest BCUT2D eigenvalue weighted by molar-refractivity contribution is 5.85. The number of carbonyl (C=O) groups excluding carboxylic acids is 1. The molecule has 1 heterocycles. The lowest BCUT2D eigenvalue weighted by Gasteiger charge is -2.42. The number of Topliss-reactive ketones (excluding diaryl/α,β-unsaturated/α-hetero) is 1. The third-order valence-electron chi connectivity index (χ3n) is 5.40. The van der Waals surface area contributed by atoms with Gasteiger partial charge in [-0.25, -0.2) is 0 Å². The van der Waals surface area contributed by atoms with Crippen LogP contribution in [0.25, 0.3) is 0 Å². The summed E-state index contributed by atoms with van der Waals surface area (Å²) in [6, 6.07) is 18.0. The molecule has 4 nitrogen and oxygen atoms in total. The molecule has 2 aromatic carbocycles. The quantitative estimate of drug-likeness (QED) is 0.784. The number of benzene rings is 2. The molecule has 0 bridgehead atoms. The molecule has 1 aliphatic carbocycles. The van der Waals surface area contributed by atoms with Gasteiger partial charge in [-0.3, -0.25) is 4.79 Å². The van der Waals surface area contributed by atoms with Gasteiger partial charge in [-0.1, -0.05) is 48.9 Å². The van der Waals surface area contributed by atoms with Crippen LogP contribution in [0.1, 0.15) is 43.2 Å². The van der Waals surface area contributed by atoms with Gasteiger partial charge in [0.05, 0.1) is 0 Å². The topological polar surface area (TPSA) is 44.8 Å². The van der Waals surface area contributed by atoms with Crippen molar-refractivity contribution in [2.75, 3.05) is 6.61 Å². The van der Waals surface area contributed by atoms with E-state index in [1.54, 1.807) is 0 Å². The van der Waals surface area contributed by atoms with Gasteiger partial charge < -0.3 is 14.2 Å². The molecule has 4 rings (SSSR count). The number of ether oxygens (including phenoxy) is 3. The predicted molar refractivity (Wildman–Crippen MR) is 103 cm³/mol. The van der Waals surface area contributed by atoms with Crippen molar-refractivity contribution in [3.63, 3.8) is 0 Å². The maximum Gasteiger partial charge on any atom is 0.187 e. The lowest BCUT2D eigenvalue weighted by atomic mass is 9.92. The van der Waals surface area contributed by atoms with Crippen LogP contribution in [0.15, 0.2) is 54.6 Å². The molecule has 1 unspecified atom stereocenters. The van der Waals surface area contributed by atoms with Crippen LogP contribution in [0.5, 0.6) is 5.75 Å². The predicted octanol–water partition coefficient (Wildman–Crippen LogP) is 4.45. The minimum atomic E-state index is -0.532. The largest absolute Gasteiger partial charge is 0.489 e. The molecule has 142 valence electrons. The van der Waals surface area contributed by atoms with Gasteiger partial charge >= 0.3 is 0 Å². The van der Waals surface area contributed by atoms with Gasteiger partial charge in [-0.2, -0.15) is 0 Å². The van der Waals surface area contributed by atoms with E-state index in [1.807, 2.05) is 54.6 Å². The van der Waals surface area contributed by atoms with Crippen LogP contribution < -0.4 is 4.74 Å². The fourth-order valence-electron chi connectivity index (χ4n) is 3.84. The molecule has 2 fully saturated rings. The zero-order chi connectivity index (χ0) is 18.5. The molecule has 27 heavy (non-hydrogen) atoms. The summed E-state index contributed by atoms with van der Waals surface area (Å²) >= 11 is 0.